The largest absolute Gasteiger partial charge is 0.346 e. The minimum Gasteiger partial charge on any atom is -0.346 e. The molecule has 1 N–H and O–H groups in total. The topological polar surface area (TPSA) is 29.5 Å². The summed E-state index contributed by atoms with van der Waals surface area (Å²) in [6, 6.07) is 3.89. The third-order valence-corrected chi connectivity index (χ3v) is 2.74. The Balaban J connectivity index is 2.87. The summed E-state index contributed by atoms with van der Waals surface area (Å²) >= 11 is 5.60. The van der Waals surface area contributed by atoms with Crippen molar-refractivity contribution in [3.05, 3.63) is 29.0 Å². The van der Waals surface area contributed by atoms with Gasteiger partial charge in [0.2, 0.25) is 8.38 Å². The smallest absolute Gasteiger partial charge is 0.202 e. The molecule has 0 spiro atoms. The van der Waals surface area contributed by atoms with Crippen molar-refractivity contribution >= 4 is 25.3 Å². The van der Waals surface area contributed by atoms with Crippen LogP contribution in [0.1, 0.15) is 6.92 Å². The van der Waals surface area contributed by atoms with Crippen LogP contribution in [0, 0.1) is 5.82 Å². The standard InChI is InChI=1S/C8H9ClFO2P/c1-2-12-13(11)8-4-6(9)3-7(10)5-8/h3-5,11H,2H2,1H3. The molecule has 0 aliphatic rings. The Hall–Kier alpha value is -0.210. The number of rotatable bonds is 3. The molecule has 1 rings (SSSR count). The summed E-state index contributed by atoms with van der Waals surface area (Å²) in [5, 5.41) is 0.651. The molecule has 0 saturated heterocycles. The molecule has 0 aromatic heterocycles. The second kappa shape index (κ2) is 4.87. The van der Waals surface area contributed by atoms with Gasteiger partial charge < -0.3 is 9.42 Å². The fourth-order valence-electron chi connectivity index (χ4n) is 0.847. The number of hydrogen-bond donors (Lipinski definition) is 1. The molecule has 1 atom stereocenters. The fourth-order valence-corrected chi connectivity index (χ4v) is 2.02. The van der Waals surface area contributed by atoms with Crippen LogP contribution < -0.4 is 5.30 Å². The first-order chi connectivity index (χ1) is 6.13. The molecule has 1 aromatic rings. The predicted octanol–water partition coefficient (Wildman–Crippen LogP) is 2.45. The minimum atomic E-state index is -1.73. The van der Waals surface area contributed by atoms with Crippen molar-refractivity contribution in [2.75, 3.05) is 6.61 Å². The summed E-state index contributed by atoms with van der Waals surface area (Å²) in [5.74, 6) is -0.469. The SMILES string of the molecule is CCOP(O)c1cc(F)cc(Cl)c1. The molecule has 0 heterocycles. The van der Waals surface area contributed by atoms with Gasteiger partial charge >= 0.3 is 0 Å². The highest BCUT2D eigenvalue weighted by atomic mass is 35.5. The molecule has 0 aliphatic carbocycles. The van der Waals surface area contributed by atoms with Crippen LogP contribution in [0.5, 0.6) is 0 Å². The first kappa shape index (κ1) is 10.9. The molecule has 0 aliphatic heterocycles. The van der Waals surface area contributed by atoms with E-state index in [-0.39, 0.29) is 5.02 Å². The van der Waals surface area contributed by atoms with Gasteiger partial charge in [-0.05, 0) is 25.1 Å². The zero-order valence-electron chi connectivity index (χ0n) is 7.00. The van der Waals surface area contributed by atoms with E-state index in [1.54, 1.807) is 6.92 Å². The van der Waals surface area contributed by atoms with Crippen LogP contribution in [0.25, 0.3) is 0 Å². The highest BCUT2D eigenvalue weighted by molar-refractivity contribution is 7.55. The van der Waals surface area contributed by atoms with Gasteiger partial charge in [0.05, 0.1) is 6.61 Å². The van der Waals surface area contributed by atoms with Crippen LogP contribution in [0.4, 0.5) is 4.39 Å². The zero-order chi connectivity index (χ0) is 9.84. The van der Waals surface area contributed by atoms with E-state index in [0.717, 1.165) is 0 Å². The van der Waals surface area contributed by atoms with Gasteiger partial charge in [0, 0.05) is 10.3 Å². The van der Waals surface area contributed by atoms with Crippen molar-refractivity contribution in [3.8, 4) is 0 Å². The maximum Gasteiger partial charge on any atom is 0.202 e. The number of hydrogen-bond acceptors (Lipinski definition) is 2. The van der Waals surface area contributed by atoms with Crippen LogP contribution in [0.3, 0.4) is 0 Å². The van der Waals surface area contributed by atoms with Crippen LogP contribution in [-0.4, -0.2) is 11.5 Å². The Morgan fingerprint density at radius 1 is 1.54 bits per heavy atom. The van der Waals surface area contributed by atoms with E-state index in [4.69, 9.17) is 16.1 Å². The van der Waals surface area contributed by atoms with Crippen LogP contribution in [0.2, 0.25) is 5.02 Å². The summed E-state index contributed by atoms with van der Waals surface area (Å²) in [5.41, 5.74) is 0. The molecular formula is C8H9ClFO2P. The van der Waals surface area contributed by atoms with Gasteiger partial charge in [0.25, 0.3) is 0 Å². The molecule has 1 unspecified atom stereocenters. The molecule has 1 aromatic carbocycles. The lowest BCUT2D eigenvalue weighted by atomic mass is 10.3. The number of halogens is 2. The van der Waals surface area contributed by atoms with Gasteiger partial charge in [-0.15, -0.1) is 0 Å². The van der Waals surface area contributed by atoms with Gasteiger partial charge in [-0.3, -0.25) is 0 Å². The lowest BCUT2D eigenvalue weighted by molar-refractivity contribution is 0.337. The normalized spacial score (nSPS) is 12.9. The second-order valence-electron chi connectivity index (χ2n) is 2.32. The molecule has 0 bridgehead atoms. The first-order valence-corrected chi connectivity index (χ1v) is 5.30. The molecule has 5 heteroatoms. The average molecular weight is 223 g/mol. The van der Waals surface area contributed by atoms with Crippen LogP contribution in [0.15, 0.2) is 18.2 Å². The molecular weight excluding hydrogens is 214 g/mol. The maximum atomic E-state index is 12.8. The van der Waals surface area contributed by atoms with E-state index in [0.29, 0.717) is 11.9 Å². The summed E-state index contributed by atoms with van der Waals surface area (Å²) in [4.78, 5) is 9.39. The molecule has 2 nitrogen and oxygen atoms in total. The van der Waals surface area contributed by atoms with Gasteiger partial charge in [0.15, 0.2) is 0 Å². The minimum absolute atomic E-state index is 0.260. The molecule has 0 amide bonds. The zero-order valence-corrected chi connectivity index (χ0v) is 8.65. The van der Waals surface area contributed by atoms with E-state index in [9.17, 15) is 9.28 Å². The number of benzene rings is 1. The van der Waals surface area contributed by atoms with Gasteiger partial charge in [-0.1, -0.05) is 11.6 Å². The average Bonchev–Trinajstić information content (AvgIpc) is 2.03. The highest BCUT2D eigenvalue weighted by Crippen LogP contribution is 2.31. The molecule has 0 fully saturated rings. The highest BCUT2D eigenvalue weighted by Gasteiger charge is 2.10. The van der Waals surface area contributed by atoms with Crippen LogP contribution in [-0.2, 0) is 4.52 Å². The van der Waals surface area contributed by atoms with Crippen molar-refractivity contribution < 1.29 is 13.8 Å². The van der Waals surface area contributed by atoms with Crippen molar-refractivity contribution in [3.63, 3.8) is 0 Å². The Morgan fingerprint density at radius 2 is 2.23 bits per heavy atom. The third-order valence-electron chi connectivity index (χ3n) is 1.32. The lowest BCUT2D eigenvalue weighted by Crippen LogP contribution is -2.03. The van der Waals surface area contributed by atoms with Crippen molar-refractivity contribution in [2.24, 2.45) is 0 Å². The quantitative estimate of drug-likeness (QED) is 0.796. The van der Waals surface area contributed by atoms with Gasteiger partial charge in [-0.2, -0.15) is 0 Å². The van der Waals surface area contributed by atoms with E-state index >= 15 is 0 Å². The van der Waals surface area contributed by atoms with Crippen molar-refractivity contribution in [1.82, 2.24) is 0 Å². The predicted molar refractivity (Wildman–Crippen MR) is 51.8 cm³/mol. The Morgan fingerprint density at radius 3 is 2.77 bits per heavy atom. The Bertz CT molecular complexity index is 275. The lowest BCUT2D eigenvalue weighted by Gasteiger charge is -2.09. The van der Waals surface area contributed by atoms with E-state index in [1.807, 2.05) is 0 Å². The van der Waals surface area contributed by atoms with Gasteiger partial charge in [-0.25, -0.2) is 4.39 Å². The third kappa shape index (κ3) is 3.20. The Labute approximate surface area is 82.2 Å². The molecule has 0 radical (unpaired) electrons. The Kier molecular flexibility index (Phi) is 4.07. The van der Waals surface area contributed by atoms with Crippen molar-refractivity contribution in [2.45, 2.75) is 6.92 Å². The summed E-state index contributed by atoms with van der Waals surface area (Å²) in [7, 11) is -1.73. The molecule has 0 saturated carbocycles. The monoisotopic (exact) mass is 222 g/mol. The van der Waals surface area contributed by atoms with E-state index in [1.165, 1.54) is 18.2 Å². The van der Waals surface area contributed by atoms with Crippen molar-refractivity contribution in [1.29, 1.82) is 0 Å². The molecule has 13 heavy (non-hydrogen) atoms. The second-order valence-corrected chi connectivity index (χ2v) is 4.08. The van der Waals surface area contributed by atoms with E-state index in [2.05, 4.69) is 0 Å². The van der Waals surface area contributed by atoms with Gasteiger partial charge in [0.1, 0.15) is 5.82 Å². The summed E-state index contributed by atoms with van der Waals surface area (Å²) < 4.78 is 17.7. The summed E-state index contributed by atoms with van der Waals surface area (Å²) in [6.45, 7) is 2.14. The fraction of sp³-hybridized carbons (Fsp3) is 0.250. The summed E-state index contributed by atoms with van der Waals surface area (Å²) in [6.07, 6.45) is 0. The maximum absolute atomic E-state index is 12.8. The van der Waals surface area contributed by atoms with Crippen LogP contribution >= 0.6 is 20.0 Å². The van der Waals surface area contributed by atoms with E-state index < -0.39 is 14.2 Å². The molecule has 72 valence electrons. The first-order valence-electron chi connectivity index (χ1n) is 3.71.